The maximum absolute atomic E-state index is 5.91. The smallest absolute Gasteiger partial charge is 0.131 e. The minimum atomic E-state index is -0.198. The van der Waals surface area contributed by atoms with E-state index in [0.717, 1.165) is 17.7 Å². The molecule has 1 heteroatoms. The predicted molar refractivity (Wildman–Crippen MR) is 58.7 cm³/mol. The maximum Gasteiger partial charge on any atom is 0.131 e. The maximum atomic E-state index is 5.91. The molecule has 0 radical (unpaired) electrons. The van der Waals surface area contributed by atoms with Gasteiger partial charge in [0.1, 0.15) is 11.4 Å². The van der Waals surface area contributed by atoms with Crippen molar-refractivity contribution >= 4 is 0 Å². The summed E-state index contributed by atoms with van der Waals surface area (Å²) in [5.74, 6) is 1.01. The second-order valence-corrected chi connectivity index (χ2v) is 4.40. The zero-order valence-electron chi connectivity index (χ0n) is 9.05. The molecular weight excluding hydrogens is 172 g/mol. The number of benzene rings is 1. The second kappa shape index (κ2) is 2.88. The van der Waals surface area contributed by atoms with Gasteiger partial charge in [0, 0.05) is 6.42 Å². The van der Waals surface area contributed by atoms with Crippen LogP contribution in [-0.2, 0) is 6.42 Å². The van der Waals surface area contributed by atoms with Crippen molar-refractivity contribution in [3.8, 4) is 5.75 Å². The molecule has 0 saturated carbocycles. The Hall–Kier alpha value is -1.24. The first-order valence-corrected chi connectivity index (χ1v) is 4.96. The van der Waals surface area contributed by atoms with E-state index in [1.54, 1.807) is 0 Å². The number of aryl methyl sites for hydroxylation is 1. The number of fused-ring (bicyclic) bond motifs is 1. The van der Waals surface area contributed by atoms with Crippen molar-refractivity contribution in [3.05, 3.63) is 41.5 Å². The first-order valence-electron chi connectivity index (χ1n) is 4.96. The van der Waals surface area contributed by atoms with Crippen molar-refractivity contribution in [1.29, 1.82) is 0 Å². The van der Waals surface area contributed by atoms with Crippen LogP contribution in [0, 0.1) is 6.92 Å². The van der Waals surface area contributed by atoms with E-state index < -0.39 is 0 Å². The van der Waals surface area contributed by atoms with Crippen LogP contribution in [0.15, 0.2) is 30.4 Å². The van der Waals surface area contributed by atoms with Crippen LogP contribution < -0.4 is 4.74 Å². The Labute approximate surface area is 85.4 Å². The molecule has 0 bridgehead atoms. The van der Waals surface area contributed by atoms with E-state index in [1.165, 1.54) is 11.1 Å². The molecule has 0 aliphatic carbocycles. The molecule has 1 aromatic rings. The van der Waals surface area contributed by atoms with E-state index in [4.69, 9.17) is 4.74 Å². The van der Waals surface area contributed by atoms with Crippen LogP contribution >= 0.6 is 0 Å². The lowest BCUT2D eigenvalue weighted by atomic mass is 9.92. The van der Waals surface area contributed by atoms with Gasteiger partial charge in [0.05, 0.1) is 0 Å². The summed E-state index contributed by atoms with van der Waals surface area (Å²) in [6, 6.07) is 6.34. The van der Waals surface area contributed by atoms with Gasteiger partial charge in [0.2, 0.25) is 0 Å². The van der Waals surface area contributed by atoms with E-state index >= 15 is 0 Å². The third kappa shape index (κ3) is 1.33. The predicted octanol–water partition coefficient (Wildman–Crippen LogP) is 3.26. The number of rotatable bonds is 1. The quantitative estimate of drug-likeness (QED) is 0.615. The molecule has 0 unspecified atom stereocenters. The van der Waals surface area contributed by atoms with E-state index in [1.807, 2.05) is 6.92 Å². The van der Waals surface area contributed by atoms with E-state index in [0.29, 0.717) is 0 Å². The third-order valence-electron chi connectivity index (χ3n) is 2.98. The molecule has 1 aliphatic rings. The average molecular weight is 188 g/mol. The Morgan fingerprint density at radius 2 is 2.21 bits per heavy atom. The summed E-state index contributed by atoms with van der Waals surface area (Å²) in [5, 5.41) is 0. The van der Waals surface area contributed by atoms with Gasteiger partial charge in [-0.15, -0.1) is 0 Å². The standard InChI is InChI=1S/C13H16O/c1-9(2)13(4)8-11-7-10(3)5-6-12(11)14-13/h5-7H,1,8H2,2-4H3/t13-/m0/s1. The van der Waals surface area contributed by atoms with Crippen molar-refractivity contribution in [2.24, 2.45) is 0 Å². The van der Waals surface area contributed by atoms with Gasteiger partial charge in [-0.1, -0.05) is 24.3 Å². The molecule has 0 aromatic heterocycles. The van der Waals surface area contributed by atoms with E-state index in [9.17, 15) is 0 Å². The Balaban J connectivity index is 2.39. The Kier molecular flexibility index (Phi) is 1.91. The zero-order chi connectivity index (χ0) is 10.3. The molecular formula is C13H16O. The third-order valence-corrected chi connectivity index (χ3v) is 2.98. The van der Waals surface area contributed by atoms with Crippen LogP contribution in [0.5, 0.6) is 5.75 Å². The second-order valence-electron chi connectivity index (χ2n) is 4.40. The van der Waals surface area contributed by atoms with Gasteiger partial charge in [-0.05, 0) is 38.0 Å². The molecule has 0 spiro atoms. The van der Waals surface area contributed by atoms with E-state index in [2.05, 4.69) is 38.6 Å². The highest BCUT2D eigenvalue weighted by Crippen LogP contribution is 2.38. The average Bonchev–Trinajstić information content (AvgIpc) is 2.42. The molecule has 74 valence electrons. The molecule has 0 saturated heterocycles. The van der Waals surface area contributed by atoms with Crippen LogP contribution in [0.4, 0.5) is 0 Å². The summed E-state index contributed by atoms with van der Waals surface area (Å²) in [6.45, 7) is 10.2. The Morgan fingerprint density at radius 3 is 2.86 bits per heavy atom. The fourth-order valence-corrected chi connectivity index (χ4v) is 1.83. The number of hydrogen-bond acceptors (Lipinski definition) is 1. The lowest BCUT2D eigenvalue weighted by Gasteiger charge is -2.23. The fourth-order valence-electron chi connectivity index (χ4n) is 1.83. The lowest BCUT2D eigenvalue weighted by Crippen LogP contribution is -2.30. The topological polar surface area (TPSA) is 9.23 Å². The minimum absolute atomic E-state index is 0.198. The monoisotopic (exact) mass is 188 g/mol. The largest absolute Gasteiger partial charge is 0.483 e. The molecule has 1 heterocycles. The molecule has 0 N–H and O–H groups in total. The van der Waals surface area contributed by atoms with Crippen LogP contribution in [0.1, 0.15) is 25.0 Å². The molecule has 1 nitrogen and oxygen atoms in total. The molecule has 0 amide bonds. The van der Waals surface area contributed by atoms with Crippen LogP contribution in [-0.4, -0.2) is 5.60 Å². The number of ether oxygens (including phenoxy) is 1. The fraction of sp³-hybridized carbons (Fsp3) is 0.385. The van der Waals surface area contributed by atoms with Gasteiger partial charge in [0.25, 0.3) is 0 Å². The van der Waals surface area contributed by atoms with Crippen molar-refractivity contribution < 1.29 is 4.74 Å². The van der Waals surface area contributed by atoms with Gasteiger partial charge < -0.3 is 4.74 Å². The highest BCUT2D eigenvalue weighted by Gasteiger charge is 2.35. The minimum Gasteiger partial charge on any atom is -0.483 e. The SMILES string of the molecule is C=C(C)[C@]1(C)Cc2cc(C)ccc2O1. The Morgan fingerprint density at radius 1 is 1.50 bits per heavy atom. The van der Waals surface area contributed by atoms with Gasteiger partial charge in [-0.3, -0.25) is 0 Å². The Bertz CT molecular complexity index is 392. The molecule has 1 aromatic carbocycles. The highest BCUT2D eigenvalue weighted by molar-refractivity contribution is 5.43. The first-order chi connectivity index (χ1) is 6.51. The lowest BCUT2D eigenvalue weighted by molar-refractivity contribution is 0.157. The summed E-state index contributed by atoms with van der Waals surface area (Å²) in [4.78, 5) is 0. The molecule has 1 atom stereocenters. The molecule has 1 aliphatic heterocycles. The zero-order valence-corrected chi connectivity index (χ0v) is 9.05. The molecule has 14 heavy (non-hydrogen) atoms. The van der Waals surface area contributed by atoms with Gasteiger partial charge in [0.15, 0.2) is 0 Å². The van der Waals surface area contributed by atoms with Gasteiger partial charge in [-0.2, -0.15) is 0 Å². The van der Waals surface area contributed by atoms with Gasteiger partial charge in [-0.25, -0.2) is 0 Å². The first kappa shape index (κ1) is 9.32. The summed E-state index contributed by atoms with van der Waals surface area (Å²) in [7, 11) is 0. The summed E-state index contributed by atoms with van der Waals surface area (Å²) < 4.78 is 5.91. The van der Waals surface area contributed by atoms with Gasteiger partial charge >= 0.3 is 0 Å². The van der Waals surface area contributed by atoms with Crippen molar-refractivity contribution in [2.45, 2.75) is 32.8 Å². The number of hydrogen-bond donors (Lipinski definition) is 0. The molecule has 2 rings (SSSR count). The highest BCUT2D eigenvalue weighted by atomic mass is 16.5. The summed E-state index contributed by atoms with van der Waals surface area (Å²) >= 11 is 0. The van der Waals surface area contributed by atoms with Crippen molar-refractivity contribution in [3.63, 3.8) is 0 Å². The van der Waals surface area contributed by atoms with Crippen molar-refractivity contribution in [2.75, 3.05) is 0 Å². The molecule has 0 fully saturated rings. The van der Waals surface area contributed by atoms with Crippen molar-refractivity contribution in [1.82, 2.24) is 0 Å². The van der Waals surface area contributed by atoms with Crippen LogP contribution in [0.3, 0.4) is 0 Å². The summed E-state index contributed by atoms with van der Waals surface area (Å²) in [6.07, 6.45) is 0.944. The summed E-state index contributed by atoms with van der Waals surface area (Å²) in [5.41, 5.74) is 3.48. The van der Waals surface area contributed by atoms with E-state index in [-0.39, 0.29) is 5.60 Å². The normalized spacial score (nSPS) is 24.2. The van der Waals surface area contributed by atoms with Crippen LogP contribution in [0.25, 0.3) is 0 Å². The van der Waals surface area contributed by atoms with Crippen LogP contribution in [0.2, 0.25) is 0 Å².